The van der Waals surface area contributed by atoms with Crippen LogP contribution in [0.1, 0.15) is 35.2 Å². The molecule has 20 heavy (non-hydrogen) atoms. The lowest BCUT2D eigenvalue weighted by Crippen LogP contribution is -2.23. The molecule has 0 saturated heterocycles. The summed E-state index contributed by atoms with van der Waals surface area (Å²) in [5, 5.41) is 3.55. The smallest absolute Gasteiger partial charge is 0.137 e. The van der Waals surface area contributed by atoms with Crippen molar-refractivity contribution in [3.63, 3.8) is 0 Å². The molecule has 0 aliphatic heterocycles. The number of nitrogens with zero attached hydrogens (tertiary/aromatic N) is 1. The Hall–Kier alpha value is -1.87. The minimum atomic E-state index is 0.142. The molecule has 1 N–H and O–H groups in total. The van der Waals surface area contributed by atoms with Crippen molar-refractivity contribution in [3.8, 4) is 5.75 Å². The fourth-order valence-electron chi connectivity index (χ4n) is 2.58. The molecule has 1 aromatic heterocycles. The molecule has 1 aromatic carbocycles. The van der Waals surface area contributed by atoms with Crippen molar-refractivity contribution in [2.24, 2.45) is 0 Å². The largest absolute Gasteiger partial charge is 0.495 e. The highest BCUT2D eigenvalue weighted by atomic mass is 16.5. The van der Waals surface area contributed by atoms with Gasteiger partial charge in [0, 0.05) is 6.20 Å². The van der Waals surface area contributed by atoms with Crippen molar-refractivity contribution in [2.45, 2.75) is 26.8 Å². The van der Waals surface area contributed by atoms with Crippen LogP contribution in [0.2, 0.25) is 0 Å². The first-order chi connectivity index (χ1) is 9.67. The molecule has 0 fully saturated rings. The minimum Gasteiger partial charge on any atom is -0.495 e. The molecule has 0 saturated carbocycles. The molecule has 0 aliphatic rings. The molecule has 106 valence electrons. The van der Waals surface area contributed by atoms with Gasteiger partial charge in [0.1, 0.15) is 5.75 Å². The second-order valence-electron chi connectivity index (χ2n) is 4.95. The first-order valence-corrected chi connectivity index (χ1v) is 6.95. The molecule has 1 atom stereocenters. The average molecular weight is 270 g/mol. The van der Waals surface area contributed by atoms with Gasteiger partial charge < -0.3 is 10.1 Å². The van der Waals surface area contributed by atoms with Crippen LogP contribution in [0, 0.1) is 13.8 Å². The molecular formula is C17H22N2O. The Balaban J connectivity index is 2.50. The van der Waals surface area contributed by atoms with Gasteiger partial charge in [0.05, 0.1) is 19.3 Å². The van der Waals surface area contributed by atoms with Gasteiger partial charge in [-0.1, -0.05) is 25.1 Å². The number of methoxy groups -OCH3 is 1. The zero-order valence-electron chi connectivity index (χ0n) is 12.6. The van der Waals surface area contributed by atoms with Crippen LogP contribution in [-0.4, -0.2) is 18.6 Å². The van der Waals surface area contributed by atoms with Crippen molar-refractivity contribution in [1.82, 2.24) is 10.3 Å². The predicted octanol–water partition coefficient (Wildman–Crippen LogP) is 3.41. The van der Waals surface area contributed by atoms with Gasteiger partial charge >= 0.3 is 0 Å². The third-order valence-corrected chi connectivity index (χ3v) is 3.54. The summed E-state index contributed by atoms with van der Waals surface area (Å²) in [5.41, 5.74) is 5.03. The number of benzene rings is 1. The first kappa shape index (κ1) is 14.5. The fourth-order valence-corrected chi connectivity index (χ4v) is 2.58. The van der Waals surface area contributed by atoms with Gasteiger partial charge in [-0.25, -0.2) is 0 Å². The molecule has 3 nitrogen and oxygen atoms in total. The number of aromatic nitrogens is 1. The van der Waals surface area contributed by atoms with Crippen molar-refractivity contribution in [3.05, 3.63) is 58.9 Å². The topological polar surface area (TPSA) is 34.2 Å². The summed E-state index contributed by atoms with van der Waals surface area (Å²) in [7, 11) is 1.67. The summed E-state index contributed by atoms with van der Waals surface area (Å²) in [6.07, 6.45) is 3.64. The summed E-state index contributed by atoms with van der Waals surface area (Å²) < 4.78 is 5.29. The van der Waals surface area contributed by atoms with Crippen LogP contribution in [0.3, 0.4) is 0 Å². The Morgan fingerprint density at radius 3 is 2.50 bits per heavy atom. The van der Waals surface area contributed by atoms with Crippen molar-refractivity contribution in [1.29, 1.82) is 0 Å². The summed E-state index contributed by atoms with van der Waals surface area (Å²) in [6.45, 7) is 7.32. The number of pyridine rings is 1. The van der Waals surface area contributed by atoms with Gasteiger partial charge in [0.15, 0.2) is 0 Å². The lowest BCUT2D eigenvalue weighted by molar-refractivity contribution is 0.411. The third kappa shape index (κ3) is 2.99. The maximum atomic E-state index is 5.29. The maximum Gasteiger partial charge on any atom is 0.137 e. The van der Waals surface area contributed by atoms with Crippen molar-refractivity contribution >= 4 is 0 Å². The highest BCUT2D eigenvalue weighted by Crippen LogP contribution is 2.29. The van der Waals surface area contributed by atoms with Gasteiger partial charge in [0.25, 0.3) is 0 Å². The second kappa shape index (κ2) is 6.53. The predicted molar refractivity (Wildman–Crippen MR) is 82.2 cm³/mol. The molecule has 0 bridgehead atoms. The molecule has 3 heteroatoms. The SMILES string of the molecule is CCNC(c1cncc(OC)c1)c1c(C)cccc1C. The van der Waals surface area contributed by atoms with Crippen LogP contribution in [-0.2, 0) is 0 Å². The first-order valence-electron chi connectivity index (χ1n) is 6.95. The van der Waals surface area contributed by atoms with Gasteiger partial charge in [0.2, 0.25) is 0 Å². The van der Waals surface area contributed by atoms with E-state index in [0.29, 0.717) is 0 Å². The molecule has 1 heterocycles. The standard InChI is InChI=1S/C17H22N2O/c1-5-19-17(14-9-15(20-4)11-18-10-14)16-12(2)7-6-8-13(16)3/h6-11,17,19H,5H2,1-4H3. The Morgan fingerprint density at radius 2 is 1.90 bits per heavy atom. The number of hydrogen-bond donors (Lipinski definition) is 1. The second-order valence-corrected chi connectivity index (χ2v) is 4.95. The number of aryl methyl sites for hydroxylation is 2. The van der Waals surface area contributed by atoms with E-state index in [1.165, 1.54) is 16.7 Å². The highest BCUT2D eigenvalue weighted by Gasteiger charge is 2.18. The van der Waals surface area contributed by atoms with Gasteiger partial charge in [-0.15, -0.1) is 0 Å². The number of nitrogens with one attached hydrogen (secondary N) is 1. The molecule has 2 aromatic rings. The van der Waals surface area contributed by atoms with E-state index >= 15 is 0 Å². The van der Waals surface area contributed by atoms with E-state index in [1.807, 2.05) is 12.3 Å². The summed E-state index contributed by atoms with van der Waals surface area (Å²) >= 11 is 0. The summed E-state index contributed by atoms with van der Waals surface area (Å²) in [6, 6.07) is 8.59. The van der Waals surface area contributed by atoms with Crippen LogP contribution in [0.25, 0.3) is 0 Å². The van der Waals surface area contributed by atoms with Gasteiger partial charge in [-0.05, 0) is 48.7 Å². The molecule has 0 aliphatic carbocycles. The Morgan fingerprint density at radius 1 is 1.20 bits per heavy atom. The van der Waals surface area contributed by atoms with E-state index in [4.69, 9.17) is 4.74 Å². The molecular weight excluding hydrogens is 248 g/mol. The molecule has 0 radical (unpaired) electrons. The lowest BCUT2D eigenvalue weighted by atomic mass is 9.92. The summed E-state index contributed by atoms with van der Waals surface area (Å²) in [4.78, 5) is 4.28. The molecule has 0 amide bonds. The molecule has 2 rings (SSSR count). The highest BCUT2D eigenvalue weighted by molar-refractivity contribution is 5.42. The molecule has 1 unspecified atom stereocenters. The maximum absolute atomic E-state index is 5.29. The monoisotopic (exact) mass is 270 g/mol. The van der Waals surface area contributed by atoms with Crippen LogP contribution in [0.4, 0.5) is 0 Å². The van der Waals surface area contributed by atoms with Crippen LogP contribution < -0.4 is 10.1 Å². The van der Waals surface area contributed by atoms with E-state index in [0.717, 1.165) is 17.9 Å². The Labute approximate surface area is 121 Å². The number of rotatable bonds is 5. The normalized spacial score (nSPS) is 12.2. The zero-order chi connectivity index (χ0) is 14.5. The van der Waals surface area contributed by atoms with Crippen LogP contribution >= 0.6 is 0 Å². The number of ether oxygens (including phenoxy) is 1. The van der Waals surface area contributed by atoms with E-state index < -0.39 is 0 Å². The van der Waals surface area contributed by atoms with Crippen LogP contribution in [0.15, 0.2) is 36.7 Å². The van der Waals surface area contributed by atoms with Gasteiger partial charge in [-0.3, -0.25) is 4.98 Å². The lowest BCUT2D eigenvalue weighted by Gasteiger charge is -2.23. The van der Waals surface area contributed by atoms with Crippen LogP contribution in [0.5, 0.6) is 5.75 Å². The van der Waals surface area contributed by atoms with Crippen molar-refractivity contribution in [2.75, 3.05) is 13.7 Å². The van der Waals surface area contributed by atoms with E-state index in [2.05, 4.69) is 49.3 Å². The van der Waals surface area contributed by atoms with Crippen molar-refractivity contribution < 1.29 is 4.74 Å². The summed E-state index contributed by atoms with van der Waals surface area (Å²) in [5.74, 6) is 0.789. The zero-order valence-corrected chi connectivity index (χ0v) is 12.6. The Bertz CT molecular complexity index is 561. The van der Waals surface area contributed by atoms with Gasteiger partial charge in [-0.2, -0.15) is 0 Å². The van der Waals surface area contributed by atoms with E-state index in [1.54, 1.807) is 13.3 Å². The van der Waals surface area contributed by atoms with E-state index in [-0.39, 0.29) is 6.04 Å². The quantitative estimate of drug-likeness (QED) is 0.904. The number of hydrogen-bond acceptors (Lipinski definition) is 3. The minimum absolute atomic E-state index is 0.142. The fraction of sp³-hybridized carbons (Fsp3) is 0.353. The Kier molecular flexibility index (Phi) is 4.74. The van der Waals surface area contributed by atoms with E-state index in [9.17, 15) is 0 Å². The third-order valence-electron chi connectivity index (χ3n) is 3.54. The molecule has 0 spiro atoms. The average Bonchev–Trinajstić information content (AvgIpc) is 2.46.